The average Bonchev–Trinajstić information content (AvgIpc) is 2.92. The molecule has 6 nitrogen and oxygen atoms in total. The minimum absolute atomic E-state index is 0.329. The number of benzene rings is 1. The molecule has 0 aliphatic carbocycles. The van der Waals surface area contributed by atoms with E-state index in [9.17, 15) is 0 Å². The Hall–Kier alpha value is -2.28. The second-order valence-corrected chi connectivity index (χ2v) is 4.64. The van der Waals surface area contributed by atoms with E-state index in [1.165, 1.54) is 0 Å². The van der Waals surface area contributed by atoms with E-state index in [-0.39, 0.29) is 0 Å². The van der Waals surface area contributed by atoms with E-state index < -0.39 is 0 Å². The van der Waals surface area contributed by atoms with Gasteiger partial charge in [-0.15, -0.1) is 0 Å². The number of hydrogen-bond acceptors (Lipinski definition) is 6. The molecule has 0 aliphatic heterocycles. The number of nitrogen functional groups attached to an aromatic ring is 1. The van der Waals surface area contributed by atoms with E-state index in [1.807, 2.05) is 12.1 Å². The fraction of sp³-hybridized carbons (Fsp3) is 0. The third-order valence-corrected chi connectivity index (χ3v) is 2.93. The SMILES string of the molecule is Nc1ccc(Br)cc1-c1nc(-c2ncccn2)no1. The van der Waals surface area contributed by atoms with Crippen LogP contribution in [0, 0.1) is 0 Å². The van der Waals surface area contributed by atoms with E-state index in [1.54, 1.807) is 24.5 Å². The summed E-state index contributed by atoms with van der Waals surface area (Å²) in [5.41, 5.74) is 7.12. The monoisotopic (exact) mass is 317 g/mol. The zero-order valence-electron chi connectivity index (χ0n) is 9.62. The smallest absolute Gasteiger partial charge is 0.260 e. The number of nitrogens with two attached hydrogens (primary N) is 1. The number of nitrogens with zero attached hydrogens (tertiary/aromatic N) is 4. The Labute approximate surface area is 116 Å². The minimum atomic E-state index is 0.329. The van der Waals surface area contributed by atoms with E-state index in [2.05, 4.69) is 36.0 Å². The van der Waals surface area contributed by atoms with Crippen LogP contribution in [0.3, 0.4) is 0 Å². The summed E-state index contributed by atoms with van der Waals surface area (Å²) in [7, 11) is 0. The van der Waals surface area contributed by atoms with Crippen LogP contribution in [0.25, 0.3) is 23.1 Å². The van der Waals surface area contributed by atoms with Gasteiger partial charge in [-0.25, -0.2) is 9.97 Å². The maximum atomic E-state index is 5.89. The largest absolute Gasteiger partial charge is 0.398 e. The lowest BCUT2D eigenvalue weighted by atomic mass is 10.2. The molecular formula is C12H8BrN5O. The first-order valence-electron chi connectivity index (χ1n) is 5.40. The van der Waals surface area contributed by atoms with Gasteiger partial charge in [-0.2, -0.15) is 4.98 Å². The van der Waals surface area contributed by atoms with Crippen molar-refractivity contribution in [2.45, 2.75) is 0 Å². The first-order chi connectivity index (χ1) is 9.24. The maximum absolute atomic E-state index is 5.89. The number of anilines is 1. The molecule has 0 spiro atoms. The molecular weight excluding hydrogens is 310 g/mol. The van der Waals surface area contributed by atoms with Crippen LogP contribution in [-0.4, -0.2) is 20.1 Å². The lowest BCUT2D eigenvalue weighted by molar-refractivity contribution is 0.432. The second-order valence-electron chi connectivity index (χ2n) is 3.73. The van der Waals surface area contributed by atoms with E-state index in [0.717, 1.165) is 4.47 Å². The zero-order valence-corrected chi connectivity index (χ0v) is 11.2. The van der Waals surface area contributed by atoms with Gasteiger partial charge in [0.25, 0.3) is 5.89 Å². The summed E-state index contributed by atoms with van der Waals surface area (Å²) < 4.78 is 6.08. The van der Waals surface area contributed by atoms with Crippen LogP contribution in [0.5, 0.6) is 0 Å². The maximum Gasteiger partial charge on any atom is 0.260 e. The lowest BCUT2D eigenvalue weighted by Gasteiger charge is -2.00. The molecule has 0 saturated carbocycles. The highest BCUT2D eigenvalue weighted by atomic mass is 79.9. The number of hydrogen-bond donors (Lipinski definition) is 1. The average molecular weight is 318 g/mol. The van der Waals surface area contributed by atoms with Gasteiger partial charge in [0.2, 0.25) is 11.6 Å². The molecule has 2 aromatic heterocycles. The normalized spacial score (nSPS) is 10.6. The van der Waals surface area contributed by atoms with Crippen molar-refractivity contribution >= 4 is 21.6 Å². The van der Waals surface area contributed by atoms with Crippen molar-refractivity contribution in [3.63, 3.8) is 0 Å². The molecule has 0 bridgehead atoms. The number of aromatic nitrogens is 4. The van der Waals surface area contributed by atoms with Crippen molar-refractivity contribution in [2.75, 3.05) is 5.73 Å². The molecule has 7 heteroatoms. The van der Waals surface area contributed by atoms with Gasteiger partial charge >= 0.3 is 0 Å². The number of halogens is 1. The third-order valence-electron chi connectivity index (χ3n) is 2.44. The molecule has 2 N–H and O–H groups in total. The van der Waals surface area contributed by atoms with Gasteiger partial charge in [-0.3, -0.25) is 0 Å². The van der Waals surface area contributed by atoms with Crippen molar-refractivity contribution in [2.24, 2.45) is 0 Å². The van der Waals surface area contributed by atoms with E-state index >= 15 is 0 Å². The lowest BCUT2D eigenvalue weighted by Crippen LogP contribution is -1.91. The predicted octanol–water partition coefficient (Wildman–Crippen LogP) is 2.54. The molecule has 0 atom stereocenters. The summed E-state index contributed by atoms with van der Waals surface area (Å²) in [5.74, 6) is 1.07. The Morgan fingerprint density at radius 1 is 1.11 bits per heavy atom. The standard InChI is InChI=1S/C12H8BrN5O/c13-7-2-3-9(14)8(6-7)12-17-11(18-19-12)10-15-4-1-5-16-10/h1-6H,14H2. The summed E-state index contributed by atoms with van der Waals surface area (Å²) >= 11 is 3.38. The van der Waals surface area contributed by atoms with E-state index in [0.29, 0.717) is 28.8 Å². The molecule has 2 heterocycles. The van der Waals surface area contributed by atoms with Crippen LogP contribution in [0.2, 0.25) is 0 Å². The Bertz CT molecular complexity index is 713. The molecule has 0 aliphatic rings. The molecule has 3 aromatic rings. The molecule has 94 valence electrons. The first-order valence-corrected chi connectivity index (χ1v) is 6.20. The molecule has 0 amide bonds. The minimum Gasteiger partial charge on any atom is -0.398 e. The quantitative estimate of drug-likeness (QED) is 0.730. The molecule has 0 saturated heterocycles. The Morgan fingerprint density at radius 2 is 1.89 bits per heavy atom. The highest BCUT2D eigenvalue weighted by Gasteiger charge is 2.14. The van der Waals surface area contributed by atoms with Crippen molar-refractivity contribution < 1.29 is 4.52 Å². The van der Waals surface area contributed by atoms with E-state index in [4.69, 9.17) is 10.3 Å². The Kier molecular flexibility index (Phi) is 2.96. The predicted molar refractivity (Wildman–Crippen MR) is 72.9 cm³/mol. The van der Waals surface area contributed by atoms with Gasteiger partial charge in [-0.05, 0) is 24.3 Å². The Balaban J connectivity index is 2.04. The molecule has 19 heavy (non-hydrogen) atoms. The molecule has 0 radical (unpaired) electrons. The van der Waals surface area contributed by atoms with Crippen LogP contribution < -0.4 is 5.73 Å². The van der Waals surface area contributed by atoms with Gasteiger partial charge in [-0.1, -0.05) is 21.1 Å². The van der Waals surface area contributed by atoms with Gasteiger partial charge < -0.3 is 10.3 Å². The van der Waals surface area contributed by atoms with Gasteiger partial charge in [0.05, 0.1) is 5.56 Å². The van der Waals surface area contributed by atoms with Crippen LogP contribution >= 0.6 is 15.9 Å². The fourth-order valence-electron chi connectivity index (χ4n) is 1.55. The molecule has 0 fully saturated rings. The second kappa shape index (κ2) is 4.77. The fourth-order valence-corrected chi connectivity index (χ4v) is 1.91. The van der Waals surface area contributed by atoms with Crippen molar-refractivity contribution in [1.82, 2.24) is 20.1 Å². The van der Waals surface area contributed by atoms with Gasteiger partial charge in [0.15, 0.2) is 0 Å². The summed E-state index contributed by atoms with van der Waals surface area (Å²) in [4.78, 5) is 12.4. The molecule has 0 unspecified atom stereocenters. The number of rotatable bonds is 2. The topological polar surface area (TPSA) is 90.7 Å². The van der Waals surface area contributed by atoms with Crippen molar-refractivity contribution in [3.8, 4) is 23.1 Å². The Morgan fingerprint density at radius 3 is 2.68 bits per heavy atom. The van der Waals surface area contributed by atoms with Crippen molar-refractivity contribution in [3.05, 3.63) is 41.1 Å². The van der Waals surface area contributed by atoms with Gasteiger partial charge in [0, 0.05) is 22.6 Å². The van der Waals surface area contributed by atoms with Crippen LogP contribution in [0.15, 0.2) is 45.7 Å². The summed E-state index contributed by atoms with van der Waals surface area (Å²) in [6.07, 6.45) is 3.23. The van der Waals surface area contributed by atoms with Gasteiger partial charge in [0.1, 0.15) is 0 Å². The first kappa shape index (κ1) is 11.8. The van der Waals surface area contributed by atoms with Crippen molar-refractivity contribution in [1.29, 1.82) is 0 Å². The highest BCUT2D eigenvalue weighted by Crippen LogP contribution is 2.28. The summed E-state index contributed by atoms with van der Waals surface area (Å²) in [6, 6.07) is 7.15. The molecule has 1 aromatic carbocycles. The third kappa shape index (κ3) is 2.32. The summed E-state index contributed by atoms with van der Waals surface area (Å²) in [5, 5.41) is 3.85. The summed E-state index contributed by atoms with van der Waals surface area (Å²) in [6.45, 7) is 0. The van der Waals surface area contributed by atoms with Crippen LogP contribution in [0.4, 0.5) is 5.69 Å². The zero-order chi connectivity index (χ0) is 13.2. The van der Waals surface area contributed by atoms with Crippen LogP contribution in [0.1, 0.15) is 0 Å². The highest BCUT2D eigenvalue weighted by molar-refractivity contribution is 9.10. The van der Waals surface area contributed by atoms with Crippen LogP contribution in [-0.2, 0) is 0 Å². The molecule has 3 rings (SSSR count).